The van der Waals surface area contributed by atoms with Crippen molar-refractivity contribution in [1.29, 1.82) is 0 Å². The summed E-state index contributed by atoms with van der Waals surface area (Å²) in [5.74, 6) is -1.67. The van der Waals surface area contributed by atoms with E-state index in [1.807, 2.05) is 12.2 Å². The number of ether oxygens (including phenoxy) is 2. The quantitative estimate of drug-likeness (QED) is 0.798. The molecule has 0 atom stereocenters. The number of carboxylic acid groups (broad SMARTS) is 1. The van der Waals surface area contributed by atoms with Crippen LogP contribution in [0, 0.1) is 0 Å². The number of thiophene rings is 1. The topological polar surface area (TPSA) is 102 Å². The second-order valence-electron chi connectivity index (χ2n) is 4.02. The lowest BCUT2D eigenvalue weighted by Gasteiger charge is -2.06. The molecule has 1 aromatic heterocycles. The van der Waals surface area contributed by atoms with Crippen molar-refractivity contribution < 1.29 is 29.0 Å². The number of hydrogen-bond acceptors (Lipinski definition) is 6. The van der Waals surface area contributed by atoms with Crippen molar-refractivity contribution in [3.05, 3.63) is 15.8 Å². The number of nitrogens with one attached hydrogen (secondary N) is 1. The summed E-state index contributed by atoms with van der Waals surface area (Å²) in [7, 11) is 0. The molecule has 0 spiro atoms. The fourth-order valence-corrected chi connectivity index (χ4v) is 2.55. The van der Waals surface area contributed by atoms with Gasteiger partial charge in [0.05, 0.1) is 6.61 Å². The average molecular weight is 315 g/mol. The minimum Gasteiger partial charge on any atom is -0.482 e. The Kier molecular flexibility index (Phi) is 6.67. The summed E-state index contributed by atoms with van der Waals surface area (Å²) in [6, 6.07) is 1.61. The van der Waals surface area contributed by atoms with Crippen molar-refractivity contribution in [1.82, 2.24) is 5.32 Å². The van der Waals surface area contributed by atoms with Gasteiger partial charge in [0, 0.05) is 4.88 Å². The van der Waals surface area contributed by atoms with Crippen LogP contribution in [0.2, 0.25) is 0 Å². The third kappa shape index (κ3) is 5.42. The van der Waals surface area contributed by atoms with E-state index in [0.29, 0.717) is 0 Å². The summed E-state index contributed by atoms with van der Waals surface area (Å²) in [5, 5.41) is 11.0. The van der Waals surface area contributed by atoms with E-state index in [4.69, 9.17) is 9.84 Å². The third-order valence-electron chi connectivity index (χ3n) is 2.32. The molecule has 0 bridgehead atoms. The monoisotopic (exact) mass is 315 g/mol. The van der Waals surface area contributed by atoms with Gasteiger partial charge in [0.1, 0.15) is 5.75 Å². The van der Waals surface area contributed by atoms with E-state index in [0.717, 1.165) is 29.1 Å². The van der Waals surface area contributed by atoms with Crippen LogP contribution in [0.4, 0.5) is 4.79 Å². The highest BCUT2D eigenvalue weighted by Crippen LogP contribution is 2.30. The normalized spacial score (nSPS) is 10.0. The predicted molar refractivity (Wildman–Crippen MR) is 75.9 cm³/mol. The molecule has 1 aromatic rings. The van der Waals surface area contributed by atoms with Crippen molar-refractivity contribution in [3.63, 3.8) is 0 Å². The van der Waals surface area contributed by atoms with Gasteiger partial charge in [-0.05, 0) is 19.4 Å². The van der Waals surface area contributed by atoms with E-state index in [-0.39, 0.29) is 17.2 Å². The Balaban J connectivity index is 2.63. The number of carboxylic acids is 1. The molecule has 2 amide bonds. The Hall–Kier alpha value is -2.09. The molecule has 2 N–H and O–H groups in total. The van der Waals surface area contributed by atoms with E-state index in [2.05, 4.69) is 4.74 Å². The first-order chi connectivity index (χ1) is 9.97. The maximum Gasteiger partial charge on any atom is 0.413 e. The van der Waals surface area contributed by atoms with Crippen LogP contribution in [0.15, 0.2) is 6.07 Å². The number of carbonyl (C=O) groups excluding carboxylic acids is 2. The summed E-state index contributed by atoms with van der Waals surface area (Å²) in [5.41, 5.74) is 0. The van der Waals surface area contributed by atoms with Gasteiger partial charge in [0.2, 0.25) is 0 Å². The molecule has 0 aliphatic rings. The summed E-state index contributed by atoms with van der Waals surface area (Å²) in [6.45, 7) is 3.28. The summed E-state index contributed by atoms with van der Waals surface area (Å²) >= 11 is 1.12. The van der Waals surface area contributed by atoms with E-state index in [1.54, 1.807) is 13.0 Å². The van der Waals surface area contributed by atoms with Gasteiger partial charge in [-0.2, -0.15) is 0 Å². The van der Waals surface area contributed by atoms with Crippen LogP contribution in [0.3, 0.4) is 0 Å². The molecule has 0 unspecified atom stereocenters. The van der Waals surface area contributed by atoms with E-state index < -0.39 is 24.6 Å². The van der Waals surface area contributed by atoms with Crippen molar-refractivity contribution in [3.8, 4) is 5.75 Å². The molecular weight excluding hydrogens is 298 g/mol. The fourth-order valence-electron chi connectivity index (χ4n) is 1.51. The zero-order chi connectivity index (χ0) is 15.8. The molecule has 1 rings (SSSR count). The van der Waals surface area contributed by atoms with Gasteiger partial charge in [0.15, 0.2) is 11.5 Å². The van der Waals surface area contributed by atoms with Gasteiger partial charge in [-0.15, -0.1) is 11.3 Å². The number of amides is 2. The minimum atomic E-state index is -1.11. The Labute approximate surface area is 125 Å². The number of aromatic carboxylic acids is 1. The van der Waals surface area contributed by atoms with Crippen molar-refractivity contribution in [2.24, 2.45) is 0 Å². The molecule has 0 radical (unpaired) electrons. The zero-order valence-corrected chi connectivity index (χ0v) is 12.6. The lowest BCUT2D eigenvalue weighted by atomic mass is 10.3. The molecule has 116 valence electrons. The standard InChI is InChI=1S/C13H17NO6S/c1-3-5-8-6-9(11(21-8)12(16)17)20-7-10(15)14-13(18)19-4-2/h6H,3-5,7H2,1-2H3,(H,16,17)(H,14,15,18). The fraction of sp³-hybridized carbons (Fsp3) is 0.462. The molecule has 0 fully saturated rings. The van der Waals surface area contributed by atoms with Crippen LogP contribution >= 0.6 is 11.3 Å². The highest BCUT2D eigenvalue weighted by Gasteiger charge is 2.18. The number of aryl methyl sites for hydroxylation is 1. The van der Waals surface area contributed by atoms with Crippen LogP contribution in [0.25, 0.3) is 0 Å². The summed E-state index contributed by atoms with van der Waals surface area (Å²) in [4.78, 5) is 34.5. The molecule has 21 heavy (non-hydrogen) atoms. The Morgan fingerprint density at radius 1 is 1.33 bits per heavy atom. The summed E-state index contributed by atoms with van der Waals surface area (Å²) < 4.78 is 9.72. The van der Waals surface area contributed by atoms with Gasteiger partial charge in [-0.25, -0.2) is 9.59 Å². The molecular formula is C13H17NO6S. The smallest absolute Gasteiger partial charge is 0.413 e. The first-order valence-electron chi connectivity index (χ1n) is 6.43. The van der Waals surface area contributed by atoms with Crippen molar-refractivity contribution >= 4 is 29.3 Å². The minimum absolute atomic E-state index is 0.0439. The van der Waals surface area contributed by atoms with Crippen LogP contribution in [-0.4, -0.2) is 36.3 Å². The van der Waals surface area contributed by atoms with Crippen LogP contribution in [-0.2, 0) is 16.0 Å². The highest BCUT2D eigenvalue weighted by atomic mass is 32.1. The lowest BCUT2D eigenvalue weighted by molar-refractivity contribution is -0.122. The van der Waals surface area contributed by atoms with E-state index in [1.165, 1.54) is 0 Å². The highest BCUT2D eigenvalue weighted by molar-refractivity contribution is 7.14. The van der Waals surface area contributed by atoms with Gasteiger partial charge in [-0.1, -0.05) is 13.3 Å². The Morgan fingerprint density at radius 3 is 2.62 bits per heavy atom. The molecule has 0 aromatic carbocycles. The number of alkyl carbamates (subject to hydrolysis) is 1. The van der Waals surface area contributed by atoms with Crippen LogP contribution < -0.4 is 10.1 Å². The molecule has 0 saturated carbocycles. The van der Waals surface area contributed by atoms with Crippen molar-refractivity contribution in [2.75, 3.05) is 13.2 Å². The largest absolute Gasteiger partial charge is 0.482 e. The van der Waals surface area contributed by atoms with E-state index >= 15 is 0 Å². The molecule has 8 heteroatoms. The van der Waals surface area contributed by atoms with Gasteiger partial charge in [-0.3, -0.25) is 10.1 Å². The Morgan fingerprint density at radius 2 is 2.05 bits per heavy atom. The molecule has 0 aliphatic heterocycles. The predicted octanol–water partition coefficient (Wildman–Crippen LogP) is 2.05. The second kappa shape index (κ2) is 8.25. The summed E-state index contributed by atoms with van der Waals surface area (Å²) in [6.07, 6.45) is 0.757. The third-order valence-corrected chi connectivity index (χ3v) is 3.48. The maximum absolute atomic E-state index is 11.4. The average Bonchev–Trinajstić information content (AvgIpc) is 2.80. The first-order valence-corrected chi connectivity index (χ1v) is 7.24. The van der Waals surface area contributed by atoms with Gasteiger partial charge in [0.25, 0.3) is 5.91 Å². The van der Waals surface area contributed by atoms with Gasteiger partial charge < -0.3 is 14.6 Å². The molecule has 0 aliphatic carbocycles. The zero-order valence-electron chi connectivity index (χ0n) is 11.8. The first kappa shape index (κ1) is 17.0. The number of carbonyl (C=O) groups is 3. The second-order valence-corrected chi connectivity index (χ2v) is 5.16. The van der Waals surface area contributed by atoms with E-state index in [9.17, 15) is 14.4 Å². The lowest BCUT2D eigenvalue weighted by Crippen LogP contribution is -2.34. The number of rotatable bonds is 7. The van der Waals surface area contributed by atoms with Crippen LogP contribution in [0.5, 0.6) is 5.75 Å². The number of imide groups is 1. The molecule has 7 nitrogen and oxygen atoms in total. The maximum atomic E-state index is 11.4. The Bertz CT molecular complexity index is 525. The SMILES string of the molecule is CCCc1cc(OCC(=O)NC(=O)OCC)c(C(=O)O)s1. The van der Waals surface area contributed by atoms with Crippen molar-refractivity contribution in [2.45, 2.75) is 26.7 Å². The number of hydrogen-bond donors (Lipinski definition) is 2. The van der Waals surface area contributed by atoms with Crippen LogP contribution in [0.1, 0.15) is 34.8 Å². The van der Waals surface area contributed by atoms with Gasteiger partial charge >= 0.3 is 12.1 Å². The molecule has 1 heterocycles. The molecule has 0 saturated heterocycles.